The molecular weight excluding hydrogens is 236 g/mol. The fraction of sp³-hybridized carbons (Fsp3) is 0.294. The number of para-hydroxylation sites is 1. The molecule has 2 aromatic rings. The van der Waals surface area contributed by atoms with E-state index in [0.717, 1.165) is 5.56 Å². The molecule has 19 heavy (non-hydrogen) atoms. The van der Waals surface area contributed by atoms with Gasteiger partial charge in [-0.25, -0.2) is 0 Å². The van der Waals surface area contributed by atoms with Crippen LogP contribution in [0.25, 0.3) is 0 Å². The maximum absolute atomic E-state index is 9.36. The second-order valence-corrected chi connectivity index (χ2v) is 5.64. The van der Waals surface area contributed by atoms with E-state index < -0.39 is 0 Å². The molecule has 0 spiro atoms. The van der Waals surface area contributed by atoms with Gasteiger partial charge in [-0.1, -0.05) is 45.0 Å². The highest BCUT2D eigenvalue weighted by atomic mass is 16.3. The van der Waals surface area contributed by atoms with Crippen molar-refractivity contribution in [3.05, 3.63) is 59.7 Å². The normalized spacial score (nSPS) is 10.5. The summed E-state index contributed by atoms with van der Waals surface area (Å²) in [5.74, 6) is 0.683. The SMILES string of the molecule is Cc1cc(O)cc(C(C)(C)C)c1.Oc1ccccc1. The van der Waals surface area contributed by atoms with E-state index in [1.54, 1.807) is 30.3 Å². The Bertz CT molecular complexity index is 490. The van der Waals surface area contributed by atoms with Gasteiger partial charge in [-0.2, -0.15) is 0 Å². The first-order valence-electron chi connectivity index (χ1n) is 6.34. The lowest BCUT2D eigenvalue weighted by Gasteiger charge is -2.19. The van der Waals surface area contributed by atoms with Crippen LogP contribution in [0, 0.1) is 6.92 Å². The molecule has 0 aliphatic carbocycles. The fourth-order valence-electron chi connectivity index (χ4n) is 1.62. The van der Waals surface area contributed by atoms with Crippen molar-refractivity contribution in [2.75, 3.05) is 0 Å². The number of phenols is 2. The molecule has 2 heteroatoms. The van der Waals surface area contributed by atoms with Gasteiger partial charge >= 0.3 is 0 Å². The van der Waals surface area contributed by atoms with Crippen LogP contribution < -0.4 is 0 Å². The Kier molecular flexibility index (Phi) is 4.99. The highest BCUT2D eigenvalue weighted by molar-refractivity contribution is 5.36. The highest BCUT2D eigenvalue weighted by Gasteiger charge is 2.14. The summed E-state index contributed by atoms with van der Waals surface area (Å²) >= 11 is 0. The summed E-state index contributed by atoms with van der Waals surface area (Å²) in [6, 6.07) is 14.4. The first kappa shape index (κ1) is 15.1. The number of hydrogen-bond acceptors (Lipinski definition) is 2. The summed E-state index contributed by atoms with van der Waals surface area (Å²) in [6.45, 7) is 8.42. The first-order valence-corrected chi connectivity index (χ1v) is 6.34. The maximum atomic E-state index is 9.36. The van der Waals surface area contributed by atoms with Crippen LogP contribution in [-0.4, -0.2) is 10.2 Å². The van der Waals surface area contributed by atoms with E-state index in [4.69, 9.17) is 5.11 Å². The van der Waals surface area contributed by atoms with E-state index in [-0.39, 0.29) is 5.41 Å². The molecule has 0 radical (unpaired) electrons. The summed E-state index contributed by atoms with van der Waals surface area (Å²) in [7, 11) is 0. The minimum absolute atomic E-state index is 0.115. The zero-order chi connectivity index (χ0) is 14.5. The standard InChI is InChI=1S/C11H16O.C6H6O/c1-8-5-9(11(2,3)4)7-10(12)6-8;7-6-4-2-1-3-5-6/h5-7,12H,1-4H3;1-5,7H. The van der Waals surface area contributed by atoms with Crippen molar-refractivity contribution in [3.63, 3.8) is 0 Å². The Balaban J connectivity index is 0.000000218. The van der Waals surface area contributed by atoms with Gasteiger partial charge in [0.05, 0.1) is 0 Å². The van der Waals surface area contributed by atoms with E-state index in [2.05, 4.69) is 26.8 Å². The molecule has 0 heterocycles. The predicted molar refractivity (Wildman–Crippen MR) is 79.7 cm³/mol. The second kappa shape index (κ2) is 6.28. The number of aromatic hydroxyl groups is 2. The minimum Gasteiger partial charge on any atom is -0.508 e. The summed E-state index contributed by atoms with van der Waals surface area (Å²) in [5, 5.41) is 18.0. The van der Waals surface area contributed by atoms with Crippen molar-refractivity contribution in [1.29, 1.82) is 0 Å². The third kappa shape index (κ3) is 5.47. The molecule has 2 aromatic carbocycles. The van der Waals surface area contributed by atoms with Gasteiger partial charge in [-0.3, -0.25) is 0 Å². The van der Waals surface area contributed by atoms with Crippen LogP contribution >= 0.6 is 0 Å². The third-order valence-corrected chi connectivity index (χ3v) is 2.68. The van der Waals surface area contributed by atoms with Gasteiger partial charge < -0.3 is 10.2 Å². The molecule has 0 aliphatic rings. The second-order valence-electron chi connectivity index (χ2n) is 5.64. The number of phenolic OH excluding ortho intramolecular Hbond substituents is 2. The van der Waals surface area contributed by atoms with E-state index >= 15 is 0 Å². The molecule has 0 unspecified atom stereocenters. The summed E-state index contributed by atoms with van der Waals surface area (Å²) in [6.07, 6.45) is 0. The Morgan fingerprint density at radius 1 is 0.789 bits per heavy atom. The van der Waals surface area contributed by atoms with Gasteiger partial charge in [-0.15, -0.1) is 0 Å². The first-order chi connectivity index (χ1) is 8.79. The average molecular weight is 258 g/mol. The molecule has 0 aliphatic heterocycles. The number of aryl methyl sites for hydroxylation is 1. The topological polar surface area (TPSA) is 40.5 Å². The van der Waals surface area contributed by atoms with E-state index in [1.807, 2.05) is 19.1 Å². The van der Waals surface area contributed by atoms with E-state index in [1.165, 1.54) is 5.56 Å². The van der Waals surface area contributed by atoms with Gasteiger partial charge in [0.25, 0.3) is 0 Å². The van der Waals surface area contributed by atoms with Crippen molar-refractivity contribution >= 4 is 0 Å². The van der Waals surface area contributed by atoms with Crippen LogP contribution in [0.3, 0.4) is 0 Å². The van der Waals surface area contributed by atoms with Crippen molar-refractivity contribution < 1.29 is 10.2 Å². The molecule has 0 saturated carbocycles. The maximum Gasteiger partial charge on any atom is 0.116 e. The van der Waals surface area contributed by atoms with Gasteiger partial charge in [0.1, 0.15) is 11.5 Å². The van der Waals surface area contributed by atoms with Crippen LogP contribution in [0.4, 0.5) is 0 Å². The van der Waals surface area contributed by atoms with Gasteiger partial charge in [0.2, 0.25) is 0 Å². The average Bonchev–Trinajstić information content (AvgIpc) is 2.28. The lowest BCUT2D eigenvalue weighted by Crippen LogP contribution is -2.10. The summed E-state index contributed by atoms with van der Waals surface area (Å²) < 4.78 is 0. The van der Waals surface area contributed by atoms with Crippen molar-refractivity contribution in [1.82, 2.24) is 0 Å². The van der Waals surface area contributed by atoms with Gasteiger partial charge in [0.15, 0.2) is 0 Å². The number of benzene rings is 2. The molecular formula is C17H22O2. The van der Waals surface area contributed by atoms with Crippen LogP contribution in [0.5, 0.6) is 11.5 Å². The molecule has 0 aromatic heterocycles. The third-order valence-electron chi connectivity index (χ3n) is 2.68. The minimum atomic E-state index is 0.115. The quantitative estimate of drug-likeness (QED) is 0.735. The van der Waals surface area contributed by atoms with Crippen molar-refractivity contribution in [2.45, 2.75) is 33.1 Å². The van der Waals surface area contributed by atoms with Crippen LogP contribution in [0.2, 0.25) is 0 Å². The van der Waals surface area contributed by atoms with Crippen LogP contribution in [-0.2, 0) is 5.41 Å². The lowest BCUT2D eigenvalue weighted by molar-refractivity contribution is 0.470. The Labute approximate surface area is 115 Å². The Hall–Kier alpha value is -1.96. The van der Waals surface area contributed by atoms with Gasteiger partial charge in [-0.05, 0) is 47.7 Å². The lowest BCUT2D eigenvalue weighted by atomic mass is 9.86. The highest BCUT2D eigenvalue weighted by Crippen LogP contribution is 2.26. The summed E-state index contributed by atoms with van der Waals surface area (Å²) in [5.41, 5.74) is 2.41. The zero-order valence-corrected chi connectivity index (χ0v) is 12.0. The van der Waals surface area contributed by atoms with E-state index in [9.17, 15) is 5.11 Å². The smallest absolute Gasteiger partial charge is 0.116 e. The molecule has 2 nitrogen and oxygen atoms in total. The van der Waals surface area contributed by atoms with Gasteiger partial charge in [0, 0.05) is 0 Å². The molecule has 2 rings (SSSR count). The molecule has 0 fully saturated rings. The molecule has 0 saturated heterocycles. The summed E-state index contributed by atoms with van der Waals surface area (Å²) in [4.78, 5) is 0. The molecule has 0 bridgehead atoms. The van der Waals surface area contributed by atoms with Crippen LogP contribution in [0.15, 0.2) is 48.5 Å². The largest absolute Gasteiger partial charge is 0.508 e. The molecule has 102 valence electrons. The van der Waals surface area contributed by atoms with E-state index in [0.29, 0.717) is 11.5 Å². The number of rotatable bonds is 0. The predicted octanol–water partition coefficient (Wildman–Crippen LogP) is 4.39. The number of hydrogen-bond donors (Lipinski definition) is 2. The van der Waals surface area contributed by atoms with Crippen molar-refractivity contribution in [2.24, 2.45) is 0 Å². The zero-order valence-electron chi connectivity index (χ0n) is 12.0. The molecule has 0 amide bonds. The Morgan fingerprint density at radius 3 is 1.74 bits per heavy atom. The molecule has 2 N–H and O–H groups in total. The molecule has 0 atom stereocenters. The van der Waals surface area contributed by atoms with Crippen molar-refractivity contribution in [3.8, 4) is 11.5 Å². The fourth-order valence-corrected chi connectivity index (χ4v) is 1.62. The Morgan fingerprint density at radius 2 is 1.37 bits per heavy atom. The monoisotopic (exact) mass is 258 g/mol. The van der Waals surface area contributed by atoms with Crippen LogP contribution in [0.1, 0.15) is 31.9 Å².